The minimum Gasteiger partial charge on any atom is -0.496 e. The van der Waals surface area contributed by atoms with Gasteiger partial charge in [-0.15, -0.1) is 0 Å². The number of amides is 1. The Balaban J connectivity index is 2.08. The molecule has 108 valence electrons. The van der Waals surface area contributed by atoms with Crippen molar-refractivity contribution in [2.75, 3.05) is 20.2 Å². The maximum Gasteiger partial charge on any atom is 0.246 e. The van der Waals surface area contributed by atoms with Gasteiger partial charge in [0, 0.05) is 30.8 Å². The average Bonchev–Trinajstić information content (AvgIpc) is 2.45. The van der Waals surface area contributed by atoms with Crippen LogP contribution in [0.4, 0.5) is 0 Å². The van der Waals surface area contributed by atoms with Crippen molar-refractivity contribution in [3.63, 3.8) is 0 Å². The second-order valence-electron chi connectivity index (χ2n) is 5.27. The van der Waals surface area contributed by atoms with Crippen LogP contribution in [0.15, 0.2) is 24.3 Å². The van der Waals surface area contributed by atoms with E-state index in [9.17, 15) is 4.79 Å². The van der Waals surface area contributed by atoms with E-state index in [-0.39, 0.29) is 11.9 Å². The minimum absolute atomic E-state index is 0.0173. The number of aryl methyl sites for hydroxylation is 1. The number of rotatable bonds is 3. The third-order valence-corrected chi connectivity index (χ3v) is 3.56. The largest absolute Gasteiger partial charge is 0.496 e. The molecule has 1 aromatic rings. The normalized spacial score (nSPS) is 19.4. The summed E-state index contributed by atoms with van der Waals surface area (Å²) in [5, 5.41) is 0. The maximum absolute atomic E-state index is 12.1. The fourth-order valence-electron chi connectivity index (χ4n) is 2.46. The zero-order valence-corrected chi connectivity index (χ0v) is 12.1. The van der Waals surface area contributed by atoms with E-state index in [2.05, 4.69) is 0 Å². The van der Waals surface area contributed by atoms with Crippen LogP contribution in [-0.4, -0.2) is 37.0 Å². The molecule has 1 saturated heterocycles. The first-order valence-corrected chi connectivity index (χ1v) is 6.97. The number of hydrogen-bond acceptors (Lipinski definition) is 3. The lowest BCUT2D eigenvalue weighted by Gasteiger charge is -2.29. The summed E-state index contributed by atoms with van der Waals surface area (Å²) in [6.07, 6.45) is 5.40. The molecule has 0 radical (unpaired) electrons. The summed E-state index contributed by atoms with van der Waals surface area (Å²) in [7, 11) is 1.63. The van der Waals surface area contributed by atoms with Gasteiger partial charge in [0.15, 0.2) is 0 Å². The number of nitrogens with two attached hydrogens (primary N) is 1. The highest BCUT2D eigenvalue weighted by molar-refractivity contribution is 5.92. The van der Waals surface area contributed by atoms with Gasteiger partial charge in [0.25, 0.3) is 0 Å². The van der Waals surface area contributed by atoms with E-state index in [1.54, 1.807) is 13.2 Å². The number of piperidine rings is 1. The van der Waals surface area contributed by atoms with Crippen molar-refractivity contribution in [1.29, 1.82) is 0 Å². The molecule has 1 fully saturated rings. The predicted molar refractivity (Wildman–Crippen MR) is 80.6 cm³/mol. The monoisotopic (exact) mass is 274 g/mol. The van der Waals surface area contributed by atoms with Gasteiger partial charge in [0.2, 0.25) is 5.91 Å². The first-order valence-electron chi connectivity index (χ1n) is 6.97. The summed E-state index contributed by atoms with van der Waals surface area (Å²) in [4.78, 5) is 14.0. The molecular weight excluding hydrogens is 252 g/mol. The molecule has 0 aromatic heterocycles. The Morgan fingerprint density at radius 1 is 1.50 bits per heavy atom. The van der Waals surface area contributed by atoms with E-state index in [1.165, 1.54) is 0 Å². The first kappa shape index (κ1) is 14.6. The first-order chi connectivity index (χ1) is 9.60. The van der Waals surface area contributed by atoms with E-state index in [1.807, 2.05) is 36.1 Å². The van der Waals surface area contributed by atoms with Crippen LogP contribution in [0, 0.1) is 6.92 Å². The molecule has 1 aromatic carbocycles. The second kappa shape index (κ2) is 6.57. The fraction of sp³-hybridized carbons (Fsp3) is 0.438. The van der Waals surface area contributed by atoms with E-state index in [0.717, 1.165) is 36.3 Å². The molecule has 1 atom stereocenters. The summed E-state index contributed by atoms with van der Waals surface area (Å²) >= 11 is 0. The highest BCUT2D eigenvalue weighted by Crippen LogP contribution is 2.21. The van der Waals surface area contributed by atoms with Crippen LogP contribution in [0.2, 0.25) is 0 Å². The summed E-state index contributed by atoms with van der Waals surface area (Å²) in [6.45, 7) is 3.46. The van der Waals surface area contributed by atoms with E-state index in [4.69, 9.17) is 10.5 Å². The number of carbonyl (C=O) groups excluding carboxylic acids is 1. The number of hydrogen-bond donors (Lipinski definition) is 1. The number of ether oxygens (including phenoxy) is 1. The van der Waals surface area contributed by atoms with Crippen molar-refractivity contribution in [2.45, 2.75) is 25.8 Å². The van der Waals surface area contributed by atoms with Crippen LogP contribution in [0.3, 0.4) is 0 Å². The smallest absolute Gasteiger partial charge is 0.246 e. The molecule has 0 bridgehead atoms. The van der Waals surface area contributed by atoms with Gasteiger partial charge in [-0.2, -0.15) is 0 Å². The van der Waals surface area contributed by atoms with Gasteiger partial charge in [-0.25, -0.2) is 0 Å². The number of benzene rings is 1. The van der Waals surface area contributed by atoms with Gasteiger partial charge in [-0.3, -0.25) is 4.79 Å². The molecule has 2 N–H and O–H groups in total. The Bertz CT molecular complexity index is 511. The van der Waals surface area contributed by atoms with Crippen LogP contribution in [0.1, 0.15) is 24.0 Å². The molecule has 4 heteroatoms. The van der Waals surface area contributed by atoms with Gasteiger partial charge < -0.3 is 15.4 Å². The van der Waals surface area contributed by atoms with Gasteiger partial charge >= 0.3 is 0 Å². The molecule has 1 aliphatic rings. The van der Waals surface area contributed by atoms with Gasteiger partial charge in [0.05, 0.1) is 7.11 Å². The van der Waals surface area contributed by atoms with Crippen molar-refractivity contribution < 1.29 is 9.53 Å². The van der Waals surface area contributed by atoms with Crippen LogP contribution in [-0.2, 0) is 4.79 Å². The molecule has 1 aliphatic heterocycles. The van der Waals surface area contributed by atoms with Crippen molar-refractivity contribution >= 4 is 12.0 Å². The highest BCUT2D eigenvalue weighted by Gasteiger charge is 2.19. The Hall–Kier alpha value is -1.81. The van der Waals surface area contributed by atoms with E-state index in [0.29, 0.717) is 6.54 Å². The van der Waals surface area contributed by atoms with Crippen molar-refractivity contribution in [3.8, 4) is 5.75 Å². The van der Waals surface area contributed by atoms with Crippen LogP contribution in [0.25, 0.3) is 6.08 Å². The zero-order chi connectivity index (χ0) is 14.5. The third-order valence-electron chi connectivity index (χ3n) is 3.56. The highest BCUT2D eigenvalue weighted by atomic mass is 16.5. The van der Waals surface area contributed by atoms with Crippen molar-refractivity contribution in [3.05, 3.63) is 35.4 Å². The Morgan fingerprint density at radius 2 is 2.30 bits per heavy atom. The SMILES string of the molecule is COc1ccc(C)cc1C=CC(=O)N1CCCC(N)C1. The number of carbonyl (C=O) groups is 1. The Kier molecular flexibility index (Phi) is 4.79. The van der Waals surface area contributed by atoms with Gasteiger partial charge in [-0.1, -0.05) is 11.6 Å². The van der Waals surface area contributed by atoms with Crippen LogP contribution < -0.4 is 10.5 Å². The summed E-state index contributed by atoms with van der Waals surface area (Å²) in [5.41, 5.74) is 7.95. The maximum atomic E-state index is 12.1. The fourth-order valence-corrected chi connectivity index (χ4v) is 2.46. The standard InChI is InChI=1S/C16H22N2O2/c1-12-5-7-15(20-2)13(10-12)6-8-16(19)18-9-3-4-14(17)11-18/h5-8,10,14H,3-4,9,11,17H2,1-2H3. The molecule has 0 saturated carbocycles. The topological polar surface area (TPSA) is 55.6 Å². The lowest BCUT2D eigenvalue weighted by atomic mass is 10.1. The molecule has 4 nitrogen and oxygen atoms in total. The number of nitrogens with zero attached hydrogens (tertiary/aromatic N) is 1. The van der Waals surface area contributed by atoms with Gasteiger partial charge in [-0.05, 0) is 38.0 Å². The van der Waals surface area contributed by atoms with Crippen molar-refractivity contribution in [2.24, 2.45) is 5.73 Å². The van der Waals surface area contributed by atoms with E-state index >= 15 is 0 Å². The Labute approximate surface area is 120 Å². The zero-order valence-electron chi connectivity index (χ0n) is 12.1. The summed E-state index contributed by atoms with van der Waals surface area (Å²) < 4.78 is 5.30. The quantitative estimate of drug-likeness (QED) is 0.857. The molecule has 1 amide bonds. The Morgan fingerprint density at radius 3 is 3.00 bits per heavy atom. The third kappa shape index (κ3) is 3.61. The summed E-state index contributed by atoms with van der Waals surface area (Å²) in [5.74, 6) is 0.790. The number of methoxy groups -OCH3 is 1. The van der Waals surface area contributed by atoms with Crippen molar-refractivity contribution in [1.82, 2.24) is 4.90 Å². The molecular formula is C16H22N2O2. The molecule has 2 rings (SSSR count). The van der Waals surface area contributed by atoms with Crippen LogP contribution >= 0.6 is 0 Å². The summed E-state index contributed by atoms with van der Waals surface area (Å²) in [6, 6.07) is 6.01. The van der Waals surface area contributed by atoms with E-state index < -0.39 is 0 Å². The predicted octanol–water partition coefficient (Wildman–Crippen LogP) is 1.97. The molecule has 1 heterocycles. The molecule has 1 unspecified atom stereocenters. The minimum atomic E-state index is 0.0173. The van der Waals surface area contributed by atoms with Gasteiger partial charge in [0.1, 0.15) is 5.75 Å². The molecule has 20 heavy (non-hydrogen) atoms. The average molecular weight is 274 g/mol. The molecule has 0 aliphatic carbocycles. The van der Waals surface area contributed by atoms with Crippen LogP contribution in [0.5, 0.6) is 5.75 Å². The lowest BCUT2D eigenvalue weighted by molar-refractivity contribution is -0.127. The molecule has 0 spiro atoms. The number of likely N-dealkylation sites (tertiary alicyclic amines) is 1. The second-order valence-corrected chi connectivity index (χ2v) is 5.27. The lowest BCUT2D eigenvalue weighted by Crippen LogP contribution is -2.45.